The van der Waals surface area contributed by atoms with Crippen molar-refractivity contribution in [2.75, 3.05) is 40.9 Å². The summed E-state index contributed by atoms with van der Waals surface area (Å²) in [5.41, 5.74) is 2.56. The number of benzene rings is 1. The Balaban J connectivity index is 2.68. The third-order valence-corrected chi connectivity index (χ3v) is 3.52. The summed E-state index contributed by atoms with van der Waals surface area (Å²) in [5.74, 6) is 0.656. The maximum atomic E-state index is 11.9. The number of hydrogen-bond donors (Lipinski definition) is 0. The van der Waals surface area contributed by atoms with Gasteiger partial charge in [-0.15, -0.1) is 0 Å². The Hall–Kier alpha value is -1.39. The van der Waals surface area contributed by atoms with Gasteiger partial charge in [0.05, 0.1) is 13.2 Å². The molecule has 0 radical (unpaired) electrons. The molecule has 0 aliphatic rings. The lowest BCUT2D eigenvalue weighted by atomic mass is 10.0. The molecule has 21 heavy (non-hydrogen) atoms. The number of carbonyl (C=O) groups excluding carboxylic acids is 1. The van der Waals surface area contributed by atoms with Crippen LogP contribution in [0.25, 0.3) is 0 Å². The minimum Gasteiger partial charge on any atom is -0.383 e. The predicted molar refractivity (Wildman–Crippen MR) is 86.4 cm³/mol. The van der Waals surface area contributed by atoms with E-state index in [1.54, 1.807) is 26.1 Å². The molecule has 0 aromatic heterocycles. The summed E-state index contributed by atoms with van der Waals surface area (Å²) in [6.07, 6.45) is 0. The van der Waals surface area contributed by atoms with Crippen LogP contribution in [0.3, 0.4) is 0 Å². The van der Waals surface area contributed by atoms with Crippen molar-refractivity contribution in [1.82, 2.24) is 9.80 Å². The van der Waals surface area contributed by atoms with Crippen molar-refractivity contribution in [3.63, 3.8) is 0 Å². The van der Waals surface area contributed by atoms with Crippen molar-refractivity contribution < 1.29 is 9.53 Å². The molecule has 1 aromatic carbocycles. The zero-order valence-electron chi connectivity index (χ0n) is 13.9. The molecule has 0 fully saturated rings. The fraction of sp³-hybridized carbons (Fsp3) is 0.588. The molecule has 0 bridgehead atoms. The Morgan fingerprint density at radius 3 is 2.29 bits per heavy atom. The maximum Gasteiger partial charge on any atom is 0.236 e. The topological polar surface area (TPSA) is 32.8 Å². The molecule has 0 spiro atoms. The minimum atomic E-state index is 0.116. The molecule has 1 rings (SSSR count). The number of likely N-dealkylation sites (N-methyl/N-ethyl adjacent to an activating group) is 1. The second-order valence-electron chi connectivity index (χ2n) is 5.89. The molecular weight excluding hydrogens is 264 g/mol. The van der Waals surface area contributed by atoms with Crippen LogP contribution in [0.1, 0.15) is 30.9 Å². The van der Waals surface area contributed by atoms with Crippen LogP contribution in [-0.2, 0) is 16.1 Å². The number of methoxy groups -OCH3 is 1. The van der Waals surface area contributed by atoms with E-state index >= 15 is 0 Å². The zero-order valence-corrected chi connectivity index (χ0v) is 13.9. The Labute approximate surface area is 128 Å². The maximum absolute atomic E-state index is 11.9. The molecule has 0 unspecified atom stereocenters. The number of hydrogen-bond acceptors (Lipinski definition) is 3. The molecule has 0 heterocycles. The van der Waals surface area contributed by atoms with Crippen LogP contribution in [0, 0.1) is 0 Å². The molecule has 0 saturated heterocycles. The largest absolute Gasteiger partial charge is 0.383 e. The van der Waals surface area contributed by atoms with Gasteiger partial charge < -0.3 is 9.64 Å². The summed E-state index contributed by atoms with van der Waals surface area (Å²) in [4.78, 5) is 15.6. The first-order chi connectivity index (χ1) is 9.93. The summed E-state index contributed by atoms with van der Waals surface area (Å²) >= 11 is 0. The van der Waals surface area contributed by atoms with Gasteiger partial charge in [-0.05, 0) is 17.0 Å². The normalized spacial score (nSPS) is 11.2. The molecule has 1 amide bonds. The number of ether oxygens (including phenoxy) is 1. The van der Waals surface area contributed by atoms with E-state index in [1.807, 2.05) is 0 Å². The molecule has 118 valence electrons. The van der Waals surface area contributed by atoms with Gasteiger partial charge in [0, 0.05) is 34.3 Å². The summed E-state index contributed by atoms with van der Waals surface area (Å²) in [6, 6.07) is 8.63. The van der Waals surface area contributed by atoms with Gasteiger partial charge in [-0.1, -0.05) is 38.1 Å². The number of carbonyl (C=O) groups is 1. The van der Waals surface area contributed by atoms with Gasteiger partial charge in [-0.25, -0.2) is 0 Å². The standard InChI is InChI=1S/C17H28N2O2/c1-14(2)16-8-6-15(7-9-16)12-19(10-11-21-5)13-17(20)18(3)4/h6-9,14H,10-13H2,1-5H3. The van der Waals surface area contributed by atoms with Crippen molar-refractivity contribution in [1.29, 1.82) is 0 Å². The molecule has 0 aliphatic heterocycles. The van der Waals surface area contributed by atoms with Crippen LogP contribution in [0.5, 0.6) is 0 Å². The quantitative estimate of drug-likeness (QED) is 0.737. The van der Waals surface area contributed by atoms with E-state index in [1.165, 1.54) is 11.1 Å². The van der Waals surface area contributed by atoms with Gasteiger partial charge in [0.25, 0.3) is 0 Å². The van der Waals surface area contributed by atoms with E-state index in [4.69, 9.17) is 4.74 Å². The van der Waals surface area contributed by atoms with E-state index < -0.39 is 0 Å². The summed E-state index contributed by atoms with van der Waals surface area (Å²) in [6.45, 7) is 6.95. The fourth-order valence-corrected chi connectivity index (χ4v) is 2.03. The van der Waals surface area contributed by atoms with Crippen LogP contribution in [0.15, 0.2) is 24.3 Å². The van der Waals surface area contributed by atoms with Gasteiger partial charge >= 0.3 is 0 Å². The van der Waals surface area contributed by atoms with Crippen LogP contribution < -0.4 is 0 Å². The Kier molecular flexibility index (Phi) is 7.40. The molecule has 4 heteroatoms. The molecule has 0 N–H and O–H groups in total. The van der Waals surface area contributed by atoms with E-state index in [0.29, 0.717) is 19.1 Å². The average molecular weight is 292 g/mol. The highest BCUT2D eigenvalue weighted by Crippen LogP contribution is 2.15. The van der Waals surface area contributed by atoms with Crippen molar-refractivity contribution in [3.05, 3.63) is 35.4 Å². The van der Waals surface area contributed by atoms with Crippen molar-refractivity contribution in [2.24, 2.45) is 0 Å². The SMILES string of the molecule is COCCN(CC(=O)N(C)C)Cc1ccc(C(C)C)cc1. The highest BCUT2D eigenvalue weighted by molar-refractivity contribution is 5.77. The third kappa shape index (κ3) is 6.27. The van der Waals surface area contributed by atoms with Crippen LogP contribution in [0.2, 0.25) is 0 Å². The van der Waals surface area contributed by atoms with Crippen LogP contribution >= 0.6 is 0 Å². The van der Waals surface area contributed by atoms with Crippen molar-refractivity contribution >= 4 is 5.91 Å². The Morgan fingerprint density at radius 1 is 1.19 bits per heavy atom. The molecule has 1 aromatic rings. The lowest BCUT2D eigenvalue weighted by Crippen LogP contribution is -2.37. The first-order valence-corrected chi connectivity index (χ1v) is 7.44. The first kappa shape index (κ1) is 17.7. The van der Waals surface area contributed by atoms with E-state index in [-0.39, 0.29) is 5.91 Å². The summed E-state index contributed by atoms with van der Waals surface area (Å²) in [5, 5.41) is 0. The highest BCUT2D eigenvalue weighted by Gasteiger charge is 2.12. The monoisotopic (exact) mass is 292 g/mol. The van der Waals surface area contributed by atoms with Gasteiger partial charge in [0.15, 0.2) is 0 Å². The highest BCUT2D eigenvalue weighted by atomic mass is 16.5. The lowest BCUT2D eigenvalue weighted by Gasteiger charge is -2.23. The molecule has 4 nitrogen and oxygen atoms in total. The molecule has 0 aliphatic carbocycles. The zero-order chi connectivity index (χ0) is 15.8. The van der Waals surface area contributed by atoms with E-state index in [2.05, 4.69) is 43.0 Å². The van der Waals surface area contributed by atoms with Gasteiger partial charge in [-0.3, -0.25) is 9.69 Å². The fourth-order valence-electron chi connectivity index (χ4n) is 2.03. The third-order valence-electron chi connectivity index (χ3n) is 3.52. The van der Waals surface area contributed by atoms with Crippen molar-refractivity contribution in [3.8, 4) is 0 Å². The van der Waals surface area contributed by atoms with Gasteiger partial charge in [0.1, 0.15) is 0 Å². The lowest BCUT2D eigenvalue weighted by molar-refractivity contribution is -0.130. The minimum absolute atomic E-state index is 0.116. The molecule has 0 atom stereocenters. The second kappa shape index (κ2) is 8.80. The van der Waals surface area contributed by atoms with Gasteiger partial charge in [0.2, 0.25) is 5.91 Å². The molecule has 0 saturated carbocycles. The van der Waals surface area contributed by atoms with Crippen LogP contribution in [-0.4, -0.2) is 56.6 Å². The van der Waals surface area contributed by atoms with E-state index in [0.717, 1.165) is 13.1 Å². The number of amides is 1. The van der Waals surface area contributed by atoms with E-state index in [9.17, 15) is 4.79 Å². The smallest absolute Gasteiger partial charge is 0.236 e. The van der Waals surface area contributed by atoms with Crippen molar-refractivity contribution in [2.45, 2.75) is 26.3 Å². The Bertz CT molecular complexity index is 427. The Morgan fingerprint density at radius 2 is 1.81 bits per heavy atom. The van der Waals surface area contributed by atoms with Gasteiger partial charge in [-0.2, -0.15) is 0 Å². The first-order valence-electron chi connectivity index (χ1n) is 7.44. The predicted octanol–water partition coefficient (Wildman–Crippen LogP) is 2.35. The number of rotatable bonds is 8. The second-order valence-corrected chi connectivity index (χ2v) is 5.89. The average Bonchev–Trinajstić information content (AvgIpc) is 2.45. The molecular formula is C17H28N2O2. The number of nitrogens with zero attached hydrogens (tertiary/aromatic N) is 2. The summed E-state index contributed by atoms with van der Waals surface area (Å²) < 4.78 is 5.14. The van der Waals surface area contributed by atoms with Crippen LogP contribution in [0.4, 0.5) is 0 Å². The summed E-state index contributed by atoms with van der Waals surface area (Å²) in [7, 11) is 5.26.